The van der Waals surface area contributed by atoms with Crippen LogP contribution in [-0.2, 0) is 6.42 Å². The van der Waals surface area contributed by atoms with E-state index in [2.05, 4.69) is 49.4 Å². The lowest BCUT2D eigenvalue weighted by Gasteiger charge is -2.29. The maximum atomic E-state index is 8.81. The summed E-state index contributed by atoms with van der Waals surface area (Å²) >= 11 is 0. The van der Waals surface area contributed by atoms with Crippen molar-refractivity contribution in [1.29, 1.82) is 5.26 Å². The van der Waals surface area contributed by atoms with Gasteiger partial charge in [0.25, 0.3) is 0 Å². The molecule has 0 spiro atoms. The summed E-state index contributed by atoms with van der Waals surface area (Å²) in [5.74, 6) is 0.673. The third-order valence-electron chi connectivity index (χ3n) is 3.00. The molecule has 1 aliphatic rings. The van der Waals surface area contributed by atoms with Crippen molar-refractivity contribution in [3.8, 4) is 6.07 Å². The standard InChI is InChI=1S/C15H18N2/c1-12(2)10-13-5-6-15-14(11-13)4-3-8-17(15)9-7-16/h5-6,11-12H,3,8-10H2,1-2H3. The fraction of sp³-hybridized carbons (Fsp3) is 0.467. The first-order chi connectivity index (χ1) is 8.20. The molecule has 0 bridgehead atoms. The first-order valence-electron chi connectivity index (χ1n) is 6.19. The second-order valence-corrected chi connectivity index (χ2v) is 4.96. The average Bonchev–Trinajstić information content (AvgIpc) is 2.28. The number of rotatable bonds is 3. The molecule has 0 amide bonds. The molecule has 2 heteroatoms. The number of nitrogens with zero attached hydrogens (tertiary/aromatic N) is 2. The van der Waals surface area contributed by atoms with Crippen molar-refractivity contribution in [1.82, 2.24) is 0 Å². The Labute approximate surface area is 104 Å². The van der Waals surface area contributed by atoms with Crippen LogP contribution in [0.3, 0.4) is 0 Å². The predicted octanol–water partition coefficient (Wildman–Crippen LogP) is 3.05. The average molecular weight is 226 g/mol. The number of anilines is 1. The Kier molecular flexibility index (Phi) is 3.68. The van der Waals surface area contributed by atoms with Gasteiger partial charge in [0.15, 0.2) is 0 Å². The third kappa shape index (κ3) is 2.79. The summed E-state index contributed by atoms with van der Waals surface area (Å²) in [4.78, 5) is 2.13. The van der Waals surface area contributed by atoms with Gasteiger partial charge >= 0.3 is 0 Å². The number of hydrogen-bond donors (Lipinski definition) is 0. The second-order valence-electron chi connectivity index (χ2n) is 4.96. The normalized spacial score (nSPS) is 14.6. The zero-order chi connectivity index (χ0) is 12.3. The van der Waals surface area contributed by atoms with E-state index in [4.69, 9.17) is 5.26 Å². The van der Waals surface area contributed by atoms with Gasteiger partial charge in [-0.3, -0.25) is 0 Å². The quantitative estimate of drug-likeness (QED) is 0.741. The minimum absolute atomic E-state index is 0.470. The highest BCUT2D eigenvalue weighted by atomic mass is 15.1. The molecule has 1 aromatic rings. The highest BCUT2D eigenvalue weighted by Crippen LogP contribution is 2.29. The van der Waals surface area contributed by atoms with Gasteiger partial charge < -0.3 is 4.90 Å². The van der Waals surface area contributed by atoms with Crippen LogP contribution in [0.25, 0.3) is 0 Å². The number of hydrogen-bond acceptors (Lipinski definition) is 2. The van der Waals surface area contributed by atoms with E-state index >= 15 is 0 Å². The lowest BCUT2D eigenvalue weighted by Crippen LogP contribution is -2.29. The molecule has 1 heterocycles. The Morgan fingerprint density at radius 2 is 2.29 bits per heavy atom. The van der Waals surface area contributed by atoms with Crippen molar-refractivity contribution in [2.75, 3.05) is 18.0 Å². The lowest BCUT2D eigenvalue weighted by atomic mass is 9.95. The summed E-state index contributed by atoms with van der Waals surface area (Å²) in [5.41, 5.74) is 3.69. The summed E-state index contributed by atoms with van der Waals surface area (Å²) in [7, 11) is 0. The summed E-state index contributed by atoms with van der Waals surface area (Å²) < 4.78 is 0. The lowest BCUT2D eigenvalue weighted by molar-refractivity contribution is 0.646. The number of fused-ring (bicyclic) bond motifs is 1. The summed E-state index contributed by atoms with van der Waals surface area (Å²) in [6, 6.07) is 8.76. The largest absolute Gasteiger partial charge is 0.358 e. The first kappa shape index (κ1) is 12.0. The maximum Gasteiger partial charge on any atom is 0.105 e. The predicted molar refractivity (Wildman–Crippen MR) is 69.8 cm³/mol. The molecule has 1 aromatic carbocycles. The minimum atomic E-state index is 0.470. The monoisotopic (exact) mass is 226 g/mol. The van der Waals surface area contributed by atoms with E-state index in [1.54, 1.807) is 0 Å². The molecule has 17 heavy (non-hydrogen) atoms. The summed E-state index contributed by atoms with van der Waals surface area (Å²) in [6.45, 7) is 5.84. The Bertz CT molecular complexity index is 429. The molecular weight excluding hydrogens is 208 g/mol. The molecule has 0 aliphatic carbocycles. The smallest absolute Gasteiger partial charge is 0.105 e. The zero-order valence-electron chi connectivity index (χ0n) is 10.5. The van der Waals surface area contributed by atoms with Gasteiger partial charge in [-0.15, -0.1) is 0 Å². The van der Waals surface area contributed by atoms with Crippen molar-refractivity contribution in [2.45, 2.75) is 26.7 Å². The van der Waals surface area contributed by atoms with Crippen LogP contribution in [0, 0.1) is 23.7 Å². The molecule has 0 unspecified atom stereocenters. The van der Waals surface area contributed by atoms with Gasteiger partial charge in [0.1, 0.15) is 6.54 Å². The fourth-order valence-corrected chi connectivity index (χ4v) is 2.29. The minimum Gasteiger partial charge on any atom is -0.358 e. The molecule has 0 saturated heterocycles. The van der Waals surface area contributed by atoms with Gasteiger partial charge in [0, 0.05) is 18.7 Å². The molecule has 0 atom stereocenters. The Morgan fingerprint density at radius 3 is 3.00 bits per heavy atom. The molecule has 0 N–H and O–H groups in total. The molecule has 1 aliphatic heterocycles. The molecule has 0 saturated carbocycles. The molecule has 0 fully saturated rings. The van der Waals surface area contributed by atoms with Crippen molar-refractivity contribution in [2.24, 2.45) is 5.92 Å². The van der Waals surface area contributed by atoms with Crippen LogP contribution < -0.4 is 4.90 Å². The molecule has 2 nitrogen and oxygen atoms in total. The third-order valence-corrected chi connectivity index (χ3v) is 3.00. The van der Waals surface area contributed by atoms with E-state index in [1.165, 1.54) is 11.1 Å². The van der Waals surface area contributed by atoms with Gasteiger partial charge in [-0.25, -0.2) is 0 Å². The van der Waals surface area contributed by atoms with Crippen LogP contribution in [0.4, 0.5) is 5.69 Å². The maximum absolute atomic E-state index is 8.81. The molecule has 2 radical (unpaired) electrons. The highest BCUT2D eigenvalue weighted by Gasteiger charge is 2.17. The van der Waals surface area contributed by atoms with Crippen LogP contribution >= 0.6 is 0 Å². The summed E-state index contributed by atoms with van der Waals surface area (Å²) in [5, 5.41) is 8.81. The van der Waals surface area contributed by atoms with Gasteiger partial charge in [0.05, 0.1) is 6.07 Å². The van der Waals surface area contributed by atoms with E-state index in [0.29, 0.717) is 12.5 Å². The van der Waals surface area contributed by atoms with E-state index < -0.39 is 0 Å². The zero-order valence-corrected chi connectivity index (χ0v) is 10.5. The first-order valence-corrected chi connectivity index (χ1v) is 6.19. The number of nitriles is 1. The van der Waals surface area contributed by atoms with Gasteiger partial charge in [-0.05, 0) is 36.0 Å². The molecule has 0 aromatic heterocycles. The number of benzene rings is 1. The van der Waals surface area contributed by atoms with Crippen molar-refractivity contribution in [3.05, 3.63) is 35.7 Å². The van der Waals surface area contributed by atoms with Crippen LogP contribution in [0.15, 0.2) is 18.2 Å². The summed E-state index contributed by atoms with van der Waals surface area (Å²) in [6.07, 6.45) is 5.43. The SMILES string of the molecule is CC(C)Cc1ccc2c(c1)[C]CCN2CC#N. The molecule has 2 rings (SSSR count). The fourth-order valence-electron chi connectivity index (χ4n) is 2.29. The van der Waals surface area contributed by atoms with E-state index in [-0.39, 0.29) is 0 Å². The van der Waals surface area contributed by atoms with Crippen molar-refractivity contribution < 1.29 is 0 Å². The van der Waals surface area contributed by atoms with Crippen molar-refractivity contribution >= 4 is 5.69 Å². The van der Waals surface area contributed by atoms with Gasteiger partial charge in [-0.2, -0.15) is 5.26 Å². The molecular formula is C15H18N2. The Balaban J connectivity index is 2.24. The van der Waals surface area contributed by atoms with Crippen LogP contribution in [0.2, 0.25) is 0 Å². The van der Waals surface area contributed by atoms with Gasteiger partial charge in [0.2, 0.25) is 0 Å². The highest BCUT2D eigenvalue weighted by molar-refractivity contribution is 5.60. The Hall–Kier alpha value is -1.49. The topological polar surface area (TPSA) is 27.0 Å². The van der Waals surface area contributed by atoms with Gasteiger partial charge in [-0.1, -0.05) is 26.0 Å². The van der Waals surface area contributed by atoms with Crippen LogP contribution in [0.5, 0.6) is 0 Å². The van der Waals surface area contributed by atoms with E-state index in [1.807, 2.05) is 0 Å². The van der Waals surface area contributed by atoms with Crippen LogP contribution in [-0.4, -0.2) is 13.1 Å². The van der Waals surface area contributed by atoms with E-state index in [0.717, 1.165) is 25.1 Å². The van der Waals surface area contributed by atoms with Crippen molar-refractivity contribution in [3.63, 3.8) is 0 Å². The van der Waals surface area contributed by atoms with E-state index in [9.17, 15) is 0 Å². The molecule has 88 valence electrons. The second kappa shape index (κ2) is 5.23. The van der Waals surface area contributed by atoms with Crippen LogP contribution in [0.1, 0.15) is 31.4 Å². The Morgan fingerprint density at radius 1 is 1.47 bits per heavy atom.